The van der Waals surface area contributed by atoms with Crippen molar-refractivity contribution in [3.63, 3.8) is 0 Å². The molecule has 136 valence electrons. The first kappa shape index (κ1) is 16.5. The van der Waals surface area contributed by atoms with E-state index in [9.17, 15) is 9.59 Å². The lowest BCUT2D eigenvalue weighted by Crippen LogP contribution is -2.27. The first-order valence-electron chi connectivity index (χ1n) is 8.60. The van der Waals surface area contributed by atoms with Gasteiger partial charge in [-0.3, -0.25) is 14.9 Å². The predicted molar refractivity (Wildman–Crippen MR) is 94.4 cm³/mol. The number of fused-ring (bicyclic) bond motifs is 1. The summed E-state index contributed by atoms with van der Waals surface area (Å²) >= 11 is 0. The van der Waals surface area contributed by atoms with Crippen LogP contribution in [-0.2, 0) is 11.8 Å². The molecule has 0 saturated carbocycles. The summed E-state index contributed by atoms with van der Waals surface area (Å²) < 4.78 is 6.88. The quantitative estimate of drug-likeness (QED) is 0.753. The largest absolute Gasteiger partial charge is 0.482 e. The third-order valence-corrected chi connectivity index (χ3v) is 4.58. The minimum absolute atomic E-state index is 0.0169. The number of hydrogen-bond donors (Lipinski definition) is 3. The smallest absolute Gasteiger partial charge is 0.262 e. The number of ether oxygens (including phenoxy) is 1. The van der Waals surface area contributed by atoms with Crippen molar-refractivity contribution in [1.29, 1.82) is 0 Å². The van der Waals surface area contributed by atoms with Gasteiger partial charge < -0.3 is 15.4 Å². The zero-order valence-electron chi connectivity index (χ0n) is 14.4. The number of aromatic nitrogens is 3. The van der Waals surface area contributed by atoms with Crippen molar-refractivity contribution in [2.75, 3.05) is 30.3 Å². The van der Waals surface area contributed by atoms with Crippen LogP contribution in [0.15, 0.2) is 18.2 Å². The van der Waals surface area contributed by atoms with E-state index in [-0.39, 0.29) is 18.4 Å². The molecule has 2 amide bonds. The van der Waals surface area contributed by atoms with Gasteiger partial charge >= 0.3 is 0 Å². The molecule has 0 atom stereocenters. The van der Waals surface area contributed by atoms with E-state index in [4.69, 9.17) is 4.74 Å². The van der Waals surface area contributed by atoms with Crippen molar-refractivity contribution in [2.45, 2.75) is 18.8 Å². The van der Waals surface area contributed by atoms with Crippen LogP contribution in [0.3, 0.4) is 0 Å². The molecule has 1 fully saturated rings. The number of piperidine rings is 1. The molecule has 0 bridgehead atoms. The van der Waals surface area contributed by atoms with Gasteiger partial charge in [-0.25, -0.2) is 4.68 Å². The Morgan fingerprint density at radius 3 is 2.96 bits per heavy atom. The van der Waals surface area contributed by atoms with Crippen LogP contribution >= 0.6 is 0 Å². The SMILES string of the molecule is Cn1nc(C2CCNCC2)nc1NC(=O)c1ccc2c(c1)NC(=O)CO2. The minimum atomic E-state index is -0.319. The van der Waals surface area contributed by atoms with Gasteiger partial charge in [0.1, 0.15) is 5.75 Å². The van der Waals surface area contributed by atoms with Crippen molar-refractivity contribution >= 4 is 23.5 Å². The van der Waals surface area contributed by atoms with Gasteiger partial charge in [0.25, 0.3) is 11.8 Å². The van der Waals surface area contributed by atoms with Crippen molar-refractivity contribution < 1.29 is 14.3 Å². The molecule has 26 heavy (non-hydrogen) atoms. The summed E-state index contributed by atoms with van der Waals surface area (Å²) in [5, 5.41) is 13.2. The lowest BCUT2D eigenvalue weighted by molar-refractivity contribution is -0.118. The Balaban J connectivity index is 1.50. The van der Waals surface area contributed by atoms with Gasteiger partial charge in [0, 0.05) is 18.5 Å². The Morgan fingerprint density at radius 2 is 2.15 bits per heavy atom. The van der Waals surface area contributed by atoms with Gasteiger partial charge in [-0.1, -0.05) is 0 Å². The van der Waals surface area contributed by atoms with Crippen molar-refractivity contribution in [1.82, 2.24) is 20.1 Å². The fourth-order valence-electron chi connectivity index (χ4n) is 3.16. The number of benzene rings is 1. The van der Waals surface area contributed by atoms with Gasteiger partial charge in [-0.05, 0) is 44.1 Å². The first-order chi connectivity index (χ1) is 12.6. The molecule has 0 spiro atoms. The molecule has 3 N–H and O–H groups in total. The van der Waals surface area contributed by atoms with Crippen LogP contribution in [0.1, 0.15) is 34.9 Å². The van der Waals surface area contributed by atoms with Crippen LogP contribution in [0.2, 0.25) is 0 Å². The highest BCUT2D eigenvalue weighted by Crippen LogP contribution is 2.29. The molecule has 3 heterocycles. The Kier molecular flexibility index (Phi) is 4.29. The molecular weight excluding hydrogens is 336 g/mol. The Morgan fingerprint density at radius 1 is 1.35 bits per heavy atom. The third-order valence-electron chi connectivity index (χ3n) is 4.58. The van der Waals surface area contributed by atoms with E-state index in [2.05, 4.69) is 26.0 Å². The number of anilines is 2. The standard InChI is InChI=1S/C17H20N6O3/c1-23-17(20-15(22-23)10-4-6-18-7-5-10)21-16(25)11-2-3-13-12(8-11)19-14(24)9-26-13/h2-3,8,10,18H,4-7,9H2,1H3,(H,19,24)(H,20,21,22,25). The Bertz CT molecular complexity index is 856. The summed E-state index contributed by atoms with van der Waals surface area (Å²) in [6, 6.07) is 4.91. The molecule has 0 radical (unpaired) electrons. The summed E-state index contributed by atoms with van der Waals surface area (Å²) in [6.45, 7) is 1.89. The molecule has 1 aromatic heterocycles. The molecule has 0 unspecified atom stereocenters. The zero-order chi connectivity index (χ0) is 18.1. The Labute approximate surface area is 150 Å². The van der Waals surface area contributed by atoms with E-state index in [0.29, 0.717) is 28.9 Å². The fraction of sp³-hybridized carbons (Fsp3) is 0.412. The maximum absolute atomic E-state index is 12.6. The summed E-state index contributed by atoms with van der Waals surface area (Å²) in [6.07, 6.45) is 1.98. The summed E-state index contributed by atoms with van der Waals surface area (Å²) in [5.74, 6) is 1.46. The second-order valence-corrected chi connectivity index (χ2v) is 6.44. The van der Waals surface area contributed by atoms with Gasteiger partial charge in [-0.2, -0.15) is 10.1 Å². The van der Waals surface area contributed by atoms with Crippen molar-refractivity contribution in [3.05, 3.63) is 29.6 Å². The first-order valence-corrected chi connectivity index (χ1v) is 8.60. The number of carbonyl (C=O) groups is 2. The van der Waals surface area contributed by atoms with E-state index < -0.39 is 0 Å². The number of nitrogens with zero attached hydrogens (tertiary/aromatic N) is 3. The van der Waals surface area contributed by atoms with Gasteiger partial charge in [0.15, 0.2) is 12.4 Å². The summed E-state index contributed by atoms with van der Waals surface area (Å²) in [4.78, 5) is 28.5. The molecule has 2 aromatic rings. The highest BCUT2D eigenvalue weighted by molar-refractivity contribution is 6.05. The molecule has 4 rings (SSSR count). The molecule has 0 aliphatic carbocycles. The van der Waals surface area contributed by atoms with Crippen LogP contribution in [-0.4, -0.2) is 46.3 Å². The number of hydrogen-bond acceptors (Lipinski definition) is 6. The molecule has 9 nitrogen and oxygen atoms in total. The molecule has 2 aliphatic heterocycles. The maximum Gasteiger partial charge on any atom is 0.262 e. The van der Waals surface area contributed by atoms with Crippen LogP contribution < -0.4 is 20.7 Å². The second-order valence-electron chi connectivity index (χ2n) is 6.44. The monoisotopic (exact) mass is 356 g/mol. The minimum Gasteiger partial charge on any atom is -0.482 e. The van der Waals surface area contributed by atoms with E-state index in [1.807, 2.05) is 0 Å². The van der Waals surface area contributed by atoms with Crippen molar-refractivity contribution in [3.8, 4) is 5.75 Å². The zero-order valence-corrected chi connectivity index (χ0v) is 14.4. The average molecular weight is 356 g/mol. The number of carbonyl (C=O) groups excluding carboxylic acids is 2. The average Bonchev–Trinajstić information content (AvgIpc) is 3.02. The highest BCUT2D eigenvalue weighted by Gasteiger charge is 2.22. The summed E-state index contributed by atoms with van der Waals surface area (Å²) in [7, 11) is 1.76. The molecule has 1 saturated heterocycles. The van der Waals surface area contributed by atoms with Crippen molar-refractivity contribution in [2.24, 2.45) is 7.05 Å². The van der Waals surface area contributed by atoms with E-state index in [1.54, 1.807) is 29.9 Å². The number of rotatable bonds is 3. The predicted octanol–water partition coefficient (Wildman–Crippen LogP) is 0.865. The van der Waals surface area contributed by atoms with Crippen LogP contribution in [0.25, 0.3) is 0 Å². The number of nitrogens with one attached hydrogen (secondary N) is 3. The lowest BCUT2D eigenvalue weighted by Gasteiger charge is -2.19. The lowest BCUT2D eigenvalue weighted by atomic mass is 9.98. The normalized spacial score (nSPS) is 17.2. The Hall–Kier alpha value is -2.94. The van der Waals surface area contributed by atoms with Crippen LogP contribution in [0.4, 0.5) is 11.6 Å². The number of aryl methyl sites for hydroxylation is 1. The highest BCUT2D eigenvalue weighted by atomic mass is 16.5. The van der Waals surface area contributed by atoms with Gasteiger partial charge in [-0.15, -0.1) is 0 Å². The molecule has 1 aromatic carbocycles. The molecule has 9 heteroatoms. The van der Waals surface area contributed by atoms with E-state index in [1.165, 1.54) is 0 Å². The van der Waals surface area contributed by atoms with Gasteiger partial charge in [0.2, 0.25) is 5.95 Å². The van der Waals surface area contributed by atoms with Crippen LogP contribution in [0.5, 0.6) is 5.75 Å². The van der Waals surface area contributed by atoms with Gasteiger partial charge in [0.05, 0.1) is 5.69 Å². The van der Waals surface area contributed by atoms with Crippen LogP contribution in [0, 0.1) is 0 Å². The van der Waals surface area contributed by atoms with E-state index >= 15 is 0 Å². The molecule has 2 aliphatic rings. The molecular formula is C17H20N6O3. The summed E-state index contributed by atoms with van der Waals surface area (Å²) in [5.41, 5.74) is 0.892. The third kappa shape index (κ3) is 3.25. The fourth-order valence-corrected chi connectivity index (χ4v) is 3.16. The second kappa shape index (κ2) is 6.75. The topological polar surface area (TPSA) is 110 Å². The van der Waals surface area contributed by atoms with E-state index in [0.717, 1.165) is 31.8 Å². The number of amides is 2. The maximum atomic E-state index is 12.6.